The predicted molar refractivity (Wildman–Crippen MR) is 111 cm³/mol. The van der Waals surface area contributed by atoms with Crippen molar-refractivity contribution in [2.45, 2.75) is 19.6 Å². The van der Waals surface area contributed by atoms with Crippen molar-refractivity contribution < 1.29 is 23.9 Å². The molecular formula is C19H20ClN5O6. The van der Waals surface area contributed by atoms with Gasteiger partial charge >= 0.3 is 12.2 Å². The number of benzene rings is 1. The van der Waals surface area contributed by atoms with Gasteiger partial charge in [0.1, 0.15) is 18.5 Å². The van der Waals surface area contributed by atoms with Gasteiger partial charge in [0.05, 0.1) is 31.6 Å². The van der Waals surface area contributed by atoms with Gasteiger partial charge in [-0.2, -0.15) is 0 Å². The molecule has 3 rings (SSSR count). The van der Waals surface area contributed by atoms with Crippen LogP contribution in [0.1, 0.15) is 5.82 Å². The molecule has 1 fully saturated rings. The second kappa shape index (κ2) is 9.47. The fourth-order valence-electron chi connectivity index (χ4n) is 2.93. The van der Waals surface area contributed by atoms with E-state index in [4.69, 9.17) is 16.3 Å². The molecule has 1 saturated heterocycles. The Balaban J connectivity index is 1.78. The summed E-state index contributed by atoms with van der Waals surface area (Å²) in [6.45, 7) is 1.77. The number of rotatable bonds is 6. The molecule has 1 unspecified atom stereocenters. The topological polar surface area (TPSA) is 141 Å². The van der Waals surface area contributed by atoms with Gasteiger partial charge in [0.15, 0.2) is 0 Å². The van der Waals surface area contributed by atoms with Crippen LogP contribution in [0.2, 0.25) is 5.02 Å². The maximum atomic E-state index is 12.7. The Kier molecular flexibility index (Phi) is 6.75. The first-order valence-electron chi connectivity index (χ1n) is 9.21. The number of amides is 3. The number of aryl methyl sites for hydroxylation is 1. The molecule has 31 heavy (non-hydrogen) atoms. The number of hydrogen-bond donors (Lipinski definition) is 3. The van der Waals surface area contributed by atoms with Crippen molar-refractivity contribution >= 4 is 35.4 Å². The van der Waals surface area contributed by atoms with Crippen molar-refractivity contribution in [3.8, 4) is 11.3 Å². The maximum Gasteiger partial charge on any atom is 0.411 e. The molecule has 2 aromatic rings. The highest BCUT2D eigenvalue weighted by molar-refractivity contribution is 6.31. The molecule has 11 nitrogen and oxygen atoms in total. The Hall–Kier alpha value is -3.60. The summed E-state index contributed by atoms with van der Waals surface area (Å²) in [5.41, 5.74) is 0.625. The maximum absolute atomic E-state index is 12.7. The van der Waals surface area contributed by atoms with Gasteiger partial charge in [-0.25, -0.2) is 14.6 Å². The van der Waals surface area contributed by atoms with Crippen molar-refractivity contribution in [3.05, 3.63) is 45.5 Å². The second-order valence-corrected chi connectivity index (χ2v) is 7.07. The Morgan fingerprint density at radius 2 is 2.13 bits per heavy atom. The highest BCUT2D eigenvalue weighted by atomic mass is 35.5. The number of hydrogen-bond acceptors (Lipinski definition) is 7. The molecule has 0 saturated carbocycles. The lowest BCUT2D eigenvalue weighted by Gasteiger charge is -2.14. The molecule has 12 heteroatoms. The van der Waals surface area contributed by atoms with Gasteiger partial charge in [-0.1, -0.05) is 11.6 Å². The first kappa shape index (κ1) is 22.1. The summed E-state index contributed by atoms with van der Waals surface area (Å²) in [6, 6.07) is 5.98. The van der Waals surface area contributed by atoms with Crippen LogP contribution in [-0.2, 0) is 20.8 Å². The Bertz CT molecular complexity index is 1090. The van der Waals surface area contributed by atoms with Gasteiger partial charge < -0.3 is 20.1 Å². The lowest BCUT2D eigenvalue weighted by molar-refractivity contribution is -0.122. The number of alkyl carbamates (subject to hydrolysis) is 1. The molecule has 3 N–H and O–H groups in total. The van der Waals surface area contributed by atoms with E-state index in [0.29, 0.717) is 34.3 Å². The van der Waals surface area contributed by atoms with E-state index in [0.717, 1.165) is 0 Å². The SMILES string of the molecule is COC(=O)Nc1cc(Cl)ccc1-c1cc(=O)n(CC(=O)NCC2CNC(=O)O2)c(C)n1. The minimum atomic E-state index is -0.701. The molecule has 1 aliphatic heterocycles. The van der Waals surface area contributed by atoms with Crippen LogP contribution in [0.4, 0.5) is 15.3 Å². The normalized spacial score (nSPS) is 15.1. The van der Waals surface area contributed by atoms with Gasteiger partial charge in [-0.3, -0.25) is 19.5 Å². The van der Waals surface area contributed by atoms with Gasteiger partial charge in [0.2, 0.25) is 5.91 Å². The highest BCUT2D eigenvalue weighted by Crippen LogP contribution is 2.29. The molecule has 2 heterocycles. The van der Waals surface area contributed by atoms with Crippen molar-refractivity contribution in [1.82, 2.24) is 20.2 Å². The van der Waals surface area contributed by atoms with Gasteiger partial charge in [0.25, 0.3) is 5.56 Å². The number of halogens is 1. The third kappa shape index (κ3) is 5.51. The number of aromatic nitrogens is 2. The molecule has 1 aromatic carbocycles. The number of methoxy groups -OCH3 is 1. The number of carbonyl (C=O) groups excluding carboxylic acids is 3. The summed E-state index contributed by atoms with van der Waals surface area (Å²) in [5, 5.41) is 8.01. The van der Waals surface area contributed by atoms with Crippen LogP contribution in [0.3, 0.4) is 0 Å². The molecule has 1 aliphatic rings. The van der Waals surface area contributed by atoms with E-state index in [-0.39, 0.29) is 13.1 Å². The molecular weight excluding hydrogens is 430 g/mol. The summed E-state index contributed by atoms with van der Waals surface area (Å²) in [7, 11) is 1.22. The quantitative estimate of drug-likeness (QED) is 0.603. The van der Waals surface area contributed by atoms with Crippen LogP contribution in [0, 0.1) is 6.92 Å². The van der Waals surface area contributed by atoms with Crippen molar-refractivity contribution in [1.29, 1.82) is 0 Å². The van der Waals surface area contributed by atoms with Crippen LogP contribution in [0.25, 0.3) is 11.3 Å². The van der Waals surface area contributed by atoms with E-state index in [1.807, 2.05) is 0 Å². The third-order valence-corrected chi connectivity index (χ3v) is 4.69. The fourth-order valence-corrected chi connectivity index (χ4v) is 3.10. The molecule has 1 atom stereocenters. The van der Waals surface area contributed by atoms with E-state index in [2.05, 4.69) is 25.7 Å². The lowest BCUT2D eigenvalue weighted by atomic mass is 10.1. The van der Waals surface area contributed by atoms with Crippen LogP contribution in [-0.4, -0.2) is 53.9 Å². The lowest BCUT2D eigenvalue weighted by Crippen LogP contribution is -2.38. The van der Waals surface area contributed by atoms with E-state index >= 15 is 0 Å². The molecule has 164 valence electrons. The highest BCUT2D eigenvalue weighted by Gasteiger charge is 2.23. The zero-order chi connectivity index (χ0) is 22.5. The first-order valence-corrected chi connectivity index (χ1v) is 9.59. The monoisotopic (exact) mass is 449 g/mol. The number of cyclic esters (lactones) is 1. The van der Waals surface area contributed by atoms with Gasteiger partial charge in [-0.05, 0) is 25.1 Å². The smallest absolute Gasteiger partial charge is 0.411 e. The van der Waals surface area contributed by atoms with E-state index < -0.39 is 29.8 Å². The molecule has 0 radical (unpaired) electrons. The Morgan fingerprint density at radius 3 is 2.77 bits per heavy atom. The summed E-state index contributed by atoms with van der Waals surface area (Å²) >= 11 is 6.01. The van der Waals surface area contributed by atoms with Crippen LogP contribution >= 0.6 is 11.6 Å². The third-order valence-electron chi connectivity index (χ3n) is 4.46. The Morgan fingerprint density at radius 1 is 1.35 bits per heavy atom. The predicted octanol–water partition coefficient (Wildman–Crippen LogP) is 1.28. The van der Waals surface area contributed by atoms with Crippen molar-refractivity contribution in [3.63, 3.8) is 0 Å². The molecule has 1 aromatic heterocycles. The average Bonchev–Trinajstić information content (AvgIpc) is 3.14. The standard InChI is InChI=1S/C19H20ClN5O6/c1-10-23-15(13-4-3-11(20)5-14(13)24-19(29)30-2)6-17(27)25(10)9-16(26)21-7-12-8-22-18(28)31-12/h3-6,12H,7-9H2,1-2H3,(H,21,26)(H,22,28)(H,24,29). The minimum absolute atomic E-state index is 0.129. The Labute approximate surface area is 181 Å². The first-order chi connectivity index (χ1) is 14.8. The summed E-state index contributed by atoms with van der Waals surface area (Å²) in [5.74, 6) is -0.132. The fraction of sp³-hybridized carbons (Fsp3) is 0.316. The largest absolute Gasteiger partial charge is 0.453 e. The number of carbonyl (C=O) groups is 3. The second-order valence-electron chi connectivity index (χ2n) is 6.63. The zero-order valence-corrected chi connectivity index (χ0v) is 17.5. The van der Waals surface area contributed by atoms with Crippen LogP contribution in [0.15, 0.2) is 29.1 Å². The van der Waals surface area contributed by atoms with Gasteiger partial charge in [-0.15, -0.1) is 0 Å². The van der Waals surface area contributed by atoms with Crippen molar-refractivity contribution in [2.24, 2.45) is 0 Å². The molecule has 3 amide bonds. The number of anilines is 1. The van der Waals surface area contributed by atoms with Crippen LogP contribution < -0.4 is 21.5 Å². The minimum Gasteiger partial charge on any atom is -0.453 e. The summed E-state index contributed by atoms with van der Waals surface area (Å²) in [6.07, 6.45) is -1.69. The number of nitrogens with zero attached hydrogens (tertiary/aromatic N) is 2. The van der Waals surface area contributed by atoms with E-state index in [9.17, 15) is 19.2 Å². The molecule has 0 bridgehead atoms. The zero-order valence-electron chi connectivity index (χ0n) is 16.7. The van der Waals surface area contributed by atoms with Crippen LogP contribution in [0.5, 0.6) is 0 Å². The molecule has 0 spiro atoms. The summed E-state index contributed by atoms with van der Waals surface area (Å²) < 4.78 is 10.8. The van der Waals surface area contributed by atoms with E-state index in [1.54, 1.807) is 19.1 Å². The van der Waals surface area contributed by atoms with Gasteiger partial charge in [0, 0.05) is 16.7 Å². The van der Waals surface area contributed by atoms with Crippen molar-refractivity contribution in [2.75, 3.05) is 25.5 Å². The average molecular weight is 450 g/mol. The summed E-state index contributed by atoms with van der Waals surface area (Å²) in [4.78, 5) is 51.9. The molecule has 0 aliphatic carbocycles. The number of nitrogens with one attached hydrogen (secondary N) is 3. The van der Waals surface area contributed by atoms with E-state index in [1.165, 1.54) is 23.8 Å². The number of ether oxygens (including phenoxy) is 2.